The van der Waals surface area contributed by atoms with Gasteiger partial charge in [-0.25, -0.2) is 0 Å². The van der Waals surface area contributed by atoms with E-state index in [0.717, 1.165) is 42.0 Å². The normalized spacial score (nSPS) is 12.6. The van der Waals surface area contributed by atoms with Crippen LogP contribution in [0, 0.1) is 13.8 Å². The third kappa shape index (κ3) is 3.80. The van der Waals surface area contributed by atoms with Crippen molar-refractivity contribution in [3.63, 3.8) is 0 Å². The lowest BCUT2D eigenvalue weighted by molar-refractivity contribution is 0.515. The van der Waals surface area contributed by atoms with E-state index in [1.54, 1.807) is 10.9 Å². The van der Waals surface area contributed by atoms with E-state index in [9.17, 15) is 0 Å². The van der Waals surface area contributed by atoms with Gasteiger partial charge in [0.25, 0.3) is 0 Å². The molecule has 1 unspecified atom stereocenters. The summed E-state index contributed by atoms with van der Waals surface area (Å²) in [6.07, 6.45) is 5.46. The zero-order chi connectivity index (χ0) is 15.4. The Bertz CT molecular complexity index is 591. The summed E-state index contributed by atoms with van der Waals surface area (Å²) in [5, 5.41) is 8.58. The molecule has 6 heteroatoms. The summed E-state index contributed by atoms with van der Waals surface area (Å²) in [4.78, 5) is 8.84. The van der Waals surface area contributed by atoms with Gasteiger partial charge in [-0.3, -0.25) is 14.6 Å². The van der Waals surface area contributed by atoms with E-state index >= 15 is 0 Å². The highest BCUT2D eigenvalue weighted by molar-refractivity contribution is 6.30. The molecule has 0 bridgehead atoms. The molecule has 0 saturated carbocycles. The monoisotopic (exact) mass is 307 g/mol. The molecule has 0 spiro atoms. The number of hydrogen-bond donors (Lipinski definition) is 1. The third-order valence-corrected chi connectivity index (χ3v) is 3.95. The van der Waals surface area contributed by atoms with Crippen LogP contribution in [0.25, 0.3) is 0 Å². The SMILES string of the molecule is CCCNC(Cc1c(C)nn(C)c1Cl)c1cnc(C)cn1. The maximum absolute atomic E-state index is 6.34. The molecule has 2 rings (SSSR count). The summed E-state index contributed by atoms with van der Waals surface area (Å²) in [6, 6.07) is 0.0958. The Kier molecular flexibility index (Phi) is 5.31. The minimum Gasteiger partial charge on any atom is -0.308 e. The fourth-order valence-electron chi connectivity index (χ4n) is 2.29. The zero-order valence-electron chi connectivity index (χ0n) is 13.0. The maximum Gasteiger partial charge on any atom is 0.130 e. The molecule has 0 amide bonds. The molecule has 0 fully saturated rings. The Morgan fingerprint density at radius 2 is 2.05 bits per heavy atom. The number of aryl methyl sites for hydroxylation is 3. The second-order valence-corrected chi connectivity index (χ2v) is 5.63. The highest BCUT2D eigenvalue weighted by Crippen LogP contribution is 2.25. The quantitative estimate of drug-likeness (QED) is 0.891. The lowest BCUT2D eigenvalue weighted by atomic mass is 10.0. The zero-order valence-corrected chi connectivity index (χ0v) is 13.8. The van der Waals surface area contributed by atoms with Gasteiger partial charge in [-0.15, -0.1) is 0 Å². The van der Waals surface area contributed by atoms with Crippen LogP contribution in [0.5, 0.6) is 0 Å². The smallest absolute Gasteiger partial charge is 0.130 e. The summed E-state index contributed by atoms with van der Waals surface area (Å²) in [6.45, 7) is 7.00. The number of hydrogen-bond acceptors (Lipinski definition) is 4. The van der Waals surface area contributed by atoms with Crippen molar-refractivity contribution >= 4 is 11.6 Å². The average Bonchev–Trinajstić information content (AvgIpc) is 2.70. The Labute approximate surface area is 130 Å². The number of halogens is 1. The topological polar surface area (TPSA) is 55.6 Å². The molecule has 0 aromatic carbocycles. The summed E-state index contributed by atoms with van der Waals surface area (Å²) in [7, 11) is 1.86. The summed E-state index contributed by atoms with van der Waals surface area (Å²) in [5.41, 5.74) is 3.89. The molecule has 0 aliphatic rings. The van der Waals surface area contributed by atoms with Gasteiger partial charge in [-0.2, -0.15) is 5.10 Å². The first kappa shape index (κ1) is 15.9. The van der Waals surface area contributed by atoms with Crippen LogP contribution in [0.2, 0.25) is 5.15 Å². The van der Waals surface area contributed by atoms with Crippen LogP contribution in [0.15, 0.2) is 12.4 Å². The molecule has 0 radical (unpaired) electrons. The van der Waals surface area contributed by atoms with E-state index in [2.05, 4.69) is 27.3 Å². The van der Waals surface area contributed by atoms with Gasteiger partial charge in [-0.1, -0.05) is 18.5 Å². The number of nitrogens with one attached hydrogen (secondary N) is 1. The van der Waals surface area contributed by atoms with Gasteiger partial charge in [0.1, 0.15) is 5.15 Å². The van der Waals surface area contributed by atoms with Crippen molar-refractivity contribution in [2.24, 2.45) is 7.05 Å². The van der Waals surface area contributed by atoms with Crippen molar-refractivity contribution in [3.8, 4) is 0 Å². The molecule has 114 valence electrons. The van der Waals surface area contributed by atoms with E-state index in [-0.39, 0.29) is 6.04 Å². The standard InChI is InChI=1S/C15H22ClN5/c1-5-6-17-13(14-9-18-10(2)8-19-14)7-12-11(3)20-21(4)15(12)16/h8-9,13,17H,5-7H2,1-4H3. The lowest BCUT2D eigenvalue weighted by Crippen LogP contribution is -2.25. The largest absolute Gasteiger partial charge is 0.308 e. The molecule has 2 heterocycles. The predicted octanol–water partition coefficient (Wildman–Crippen LogP) is 2.76. The lowest BCUT2D eigenvalue weighted by Gasteiger charge is -2.18. The third-order valence-electron chi connectivity index (χ3n) is 3.48. The van der Waals surface area contributed by atoms with Crippen LogP contribution in [-0.4, -0.2) is 26.3 Å². The molecule has 5 nitrogen and oxygen atoms in total. The molecule has 0 saturated heterocycles. The van der Waals surface area contributed by atoms with E-state index in [4.69, 9.17) is 11.6 Å². The van der Waals surface area contributed by atoms with Gasteiger partial charge in [0, 0.05) is 18.8 Å². The van der Waals surface area contributed by atoms with Crippen molar-refractivity contribution in [1.82, 2.24) is 25.1 Å². The molecule has 0 aliphatic heterocycles. The van der Waals surface area contributed by atoms with E-state index in [1.165, 1.54) is 0 Å². The fraction of sp³-hybridized carbons (Fsp3) is 0.533. The highest BCUT2D eigenvalue weighted by atomic mass is 35.5. The number of nitrogens with zero attached hydrogens (tertiary/aromatic N) is 4. The van der Waals surface area contributed by atoms with Gasteiger partial charge >= 0.3 is 0 Å². The Morgan fingerprint density at radius 1 is 1.29 bits per heavy atom. The first-order valence-corrected chi connectivity index (χ1v) is 7.60. The molecule has 2 aromatic heterocycles. The highest BCUT2D eigenvalue weighted by Gasteiger charge is 2.19. The molecule has 21 heavy (non-hydrogen) atoms. The van der Waals surface area contributed by atoms with Gasteiger partial charge in [0.15, 0.2) is 0 Å². The Balaban J connectivity index is 2.25. The van der Waals surface area contributed by atoms with Crippen LogP contribution in [0.1, 0.15) is 42.0 Å². The number of aromatic nitrogens is 4. The minimum atomic E-state index is 0.0958. The van der Waals surface area contributed by atoms with Gasteiger partial charge in [0.05, 0.1) is 29.3 Å². The average molecular weight is 308 g/mol. The van der Waals surface area contributed by atoms with E-state index in [0.29, 0.717) is 5.15 Å². The fourth-order valence-corrected chi connectivity index (χ4v) is 2.54. The molecular weight excluding hydrogens is 286 g/mol. The van der Waals surface area contributed by atoms with Gasteiger partial charge < -0.3 is 5.32 Å². The van der Waals surface area contributed by atoms with Crippen molar-refractivity contribution in [3.05, 3.63) is 40.2 Å². The second kappa shape index (κ2) is 7.00. The van der Waals surface area contributed by atoms with Crippen LogP contribution >= 0.6 is 11.6 Å². The van der Waals surface area contributed by atoms with Crippen molar-refractivity contribution < 1.29 is 0 Å². The second-order valence-electron chi connectivity index (χ2n) is 5.27. The van der Waals surface area contributed by atoms with Gasteiger partial charge in [0.2, 0.25) is 0 Å². The van der Waals surface area contributed by atoms with Crippen LogP contribution in [-0.2, 0) is 13.5 Å². The number of rotatable bonds is 6. The van der Waals surface area contributed by atoms with Crippen molar-refractivity contribution in [2.75, 3.05) is 6.54 Å². The molecule has 0 aliphatic carbocycles. The molecular formula is C15H22ClN5. The molecule has 2 aromatic rings. The van der Waals surface area contributed by atoms with Crippen molar-refractivity contribution in [2.45, 2.75) is 39.7 Å². The minimum absolute atomic E-state index is 0.0958. The predicted molar refractivity (Wildman–Crippen MR) is 84.5 cm³/mol. The first-order chi connectivity index (χ1) is 10.0. The first-order valence-electron chi connectivity index (χ1n) is 7.22. The molecule has 1 atom stereocenters. The Hall–Kier alpha value is -1.46. The van der Waals surface area contributed by atoms with E-state index < -0.39 is 0 Å². The summed E-state index contributed by atoms with van der Waals surface area (Å²) >= 11 is 6.34. The summed E-state index contributed by atoms with van der Waals surface area (Å²) in [5.74, 6) is 0. The van der Waals surface area contributed by atoms with Crippen molar-refractivity contribution in [1.29, 1.82) is 0 Å². The molecule has 1 N–H and O–H groups in total. The van der Waals surface area contributed by atoms with Crippen LogP contribution in [0.4, 0.5) is 0 Å². The maximum atomic E-state index is 6.34. The van der Waals surface area contributed by atoms with Crippen LogP contribution in [0.3, 0.4) is 0 Å². The summed E-state index contributed by atoms with van der Waals surface area (Å²) < 4.78 is 1.71. The van der Waals surface area contributed by atoms with Crippen LogP contribution < -0.4 is 5.32 Å². The van der Waals surface area contributed by atoms with Gasteiger partial charge in [-0.05, 0) is 33.2 Å². The Morgan fingerprint density at radius 3 is 2.57 bits per heavy atom. The van der Waals surface area contributed by atoms with E-state index in [1.807, 2.05) is 27.1 Å².